The predicted molar refractivity (Wildman–Crippen MR) is 157 cm³/mol. The summed E-state index contributed by atoms with van der Waals surface area (Å²) in [4.78, 5) is 0. The van der Waals surface area contributed by atoms with E-state index in [0.29, 0.717) is 0 Å². The van der Waals surface area contributed by atoms with Gasteiger partial charge in [0.15, 0.2) is 0 Å². The fourth-order valence-electron chi connectivity index (χ4n) is 3.35. The van der Waals surface area contributed by atoms with Crippen LogP contribution in [0.3, 0.4) is 0 Å². The van der Waals surface area contributed by atoms with Gasteiger partial charge in [0.2, 0.25) is 0 Å². The van der Waals surface area contributed by atoms with Gasteiger partial charge in [-0.2, -0.15) is 0 Å². The Bertz CT molecular complexity index is 463. The minimum absolute atomic E-state index is 0. The Hall–Kier alpha value is -0.183. The Labute approximate surface area is 248 Å². The van der Waals surface area contributed by atoms with Crippen LogP contribution in [0.5, 0.6) is 0 Å². The molecule has 4 rings (SSSR count). The molecule has 0 amide bonds. The topological polar surface area (TPSA) is 0 Å². The zero-order valence-corrected chi connectivity index (χ0v) is 31.0. The van der Waals surface area contributed by atoms with Gasteiger partial charge in [0.1, 0.15) is 0 Å². The Balaban J connectivity index is -0.0000000451. The fraction of sp³-hybridized carbons (Fsp3) is 0.500. The van der Waals surface area contributed by atoms with Crippen LogP contribution in [-0.4, -0.2) is 0 Å². The SMILES string of the molecule is CC.CC.CC.CC.[CH3-].[CH3-].[CH3-].[CH3-].[W+2].[W+2].c1ccc2c(c1)CCCC2.c1ccc2c(c1)CCCC2. The van der Waals surface area contributed by atoms with Crippen LogP contribution >= 0.6 is 0 Å². The average molecular weight is 813 g/mol. The third kappa shape index (κ3) is 23.6. The first kappa shape index (κ1) is 54.6. The van der Waals surface area contributed by atoms with Crippen molar-refractivity contribution < 1.29 is 42.1 Å². The molecule has 0 aromatic heterocycles. The second-order valence-electron chi connectivity index (χ2n) is 5.95. The maximum Gasteiger partial charge on any atom is 2.00 e. The van der Waals surface area contributed by atoms with Gasteiger partial charge >= 0.3 is 42.1 Å². The third-order valence-corrected chi connectivity index (χ3v) is 4.52. The van der Waals surface area contributed by atoms with Crippen molar-refractivity contribution in [1.29, 1.82) is 0 Å². The Morgan fingerprint density at radius 1 is 0.353 bits per heavy atom. The van der Waals surface area contributed by atoms with E-state index in [1.807, 2.05) is 55.4 Å². The molecule has 0 nitrogen and oxygen atoms in total. The van der Waals surface area contributed by atoms with Gasteiger partial charge in [-0.25, -0.2) is 0 Å². The van der Waals surface area contributed by atoms with E-state index in [1.54, 1.807) is 22.3 Å². The molecule has 2 heteroatoms. The van der Waals surface area contributed by atoms with E-state index in [4.69, 9.17) is 0 Å². The number of benzene rings is 2. The van der Waals surface area contributed by atoms with Gasteiger partial charge in [0, 0.05) is 0 Å². The Morgan fingerprint density at radius 3 is 0.647 bits per heavy atom. The van der Waals surface area contributed by atoms with E-state index in [-0.39, 0.29) is 71.8 Å². The van der Waals surface area contributed by atoms with E-state index in [1.165, 1.54) is 51.4 Å². The van der Waals surface area contributed by atoms with Crippen LogP contribution in [0.25, 0.3) is 0 Å². The summed E-state index contributed by atoms with van der Waals surface area (Å²) in [6, 6.07) is 17.6. The molecule has 0 bridgehead atoms. The van der Waals surface area contributed by atoms with Gasteiger partial charge in [-0.3, -0.25) is 0 Å². The molecule has 0 radical (unpaired) electrons. The number of fused-ring (bicyclic) bond motifs is 2. The van der Waals surface area contributed by atoms with E-state index < -0.39 is 0 Å². The Kier molecular flexibility index (Phi) is 69.0. The van der Waals surface area contributed by atoms with Crippen molar-refractivity contribution in [2.45, 2.75) is 107 Å². The quantitative estimate of drug-likeness (QED) is 0.233. The molecule has 0 spiro atoms. The van der Waals surface area contributed by atoms with Crippen molar-refractivity contribution in [3.05, 3.63) is 100 Å². The summed E-state index contributed by atoms with van der Waals surface area (Å²) >= 11 is 0. The second kappa shape index (κ2) is 42.9. The standard InChI is InChI=1S/2C10H12.4C2H6.4CH3.2W/c2*1-2-6-10-8-4-3-7-9(10)5-1;4*1-2;;;;;;/h2*1-2,5-6H,3-4,7-8H2;4*1-2H3;4*1H3;;/q;;;;;;4*-1;2*+2. The maximum atomic E-state index is 2.26. The number of aryl methyl sites for hydroxylation is 4. The predicted octanol–water partition coefficient (Wildman–Crippen LogP) is 11.0. The largest absolute Gasteiger partial charge is 2.00 e. The summed E-state index contributed by atoms with van der Waals surface area (Å²) in [7, 11) is 0. The summed E-state index contributed by atoms with van der Waals surface area (Å²) in [5.41, 5.74) is 6.31. The zero-order chi connectivity index (χ0) is 21.6. The molecule has 0 fully saturated rings. The van der Waals surface area contributed by atoms with Crippen molar-refractivity contribution in [3.8, 4) is 0 Å². The summed E-state index contributed by atoms with van der Waals surface area (Å²) in [6.45, 7) is 16.0. The molecule has 2 aliphatic carbocycles. The molecule has 0 aliphatic heterocycles. The van der Waals surface area contributed by atoms with E-state index >= 15 is 0 Å². The molecule has 34 heavy (non-hydrogen) atoms. The first-order valence-electron chi connectivity index (χ1n) is 12.1. The van der Waals surface area contributed by atoms with Gasteiger partial charge in [-0.05, 0) is 73.6 Å². The van der Waals surface area contributed by atoms with Crippen LogP contribution < -0.4 is 0 Å². The van der Waals surface area contributed by atoms with Gasteiger partial charge in [0.25, 0.3) is 0 Å². The van der Waals surface area contributed by atoms with Crippen LogP contribution in [0, 0.1) is 29.7 Å². The summed E-state index contributed by atoms with van der Waals surface area (Å²) < 4.78 is 0. The second-order valence-corrected chi connectivity index (χ2v) is 5.95. The fourth-order valence-corrected chi connectivity index (χ4v) is 3.35. The van der Waals surface area contributed by atoms with Crippen molar-refractivity contribution >= 4 is 0 Å². The third-order valence-electron chi connectivity index (χ3n) is 4.52. The van der Waals surface area contributed by atoms with Crippen molar-refractivity contribution in [2.75, 3.05) is 0 Å². The number of hydrogen-bond acceptors (Lipinski definition) is 0. The number of rotatable bonds is 0. The van der Waals surface area contributed by atoms with Crippen molar-refractivity contribution in [2.24, 2.45) is 0 Å². The average Bonchev–Trinajstić information content (AvgIpc) is 2.85. The van der Waals surface area contributed by atoms with Crippen LogP contribution in [0.2, 0.25) is 0 Å². The van der Waals surface area contributed by atoms with Crippen LogP contribution in [-0.2, 0) is 67.8 Å². The summed E-state index contributed by atoms with van der Waals surface area (Å²) in [5, 5.41) is 0. The van der Waals surface area contributed by atoms with Gasteiger partial charge in [-0.15, -0.1) is 0 Å². The molecule has 2 aromatic carbocycles. The van der Waals surface area contributed by atoms with Crippen LogP contribution in [0.4, 0.5) is 0 Å². The molecule has 0 saturated heterocycles. The van der Waals surface area contributed by atoms with E-state index in [0.717, 1.165) is 0 Å². The summed E-state index contributed by atoms with van der Waals surface area (Å²) in [6.07, 6.45) is 10.8. The van der Waals surface area contributed by atoms with E-state index in [2.05, 4.69) is 48.5 Å². The normalized spacial score (nSPS) is 10.4. The van der Waals surface area contributed by atoms with Crippen LogP contribution in [0.1, 0.15) is 103 Å². The first-order chi connectivity index (χ1) is 13.9. The molecule has 2 aromatic rings. The number of hydrogen-bond donors (Lipinski definition) is 0. The summed E-state index contributed by atoms with van der Waals surface area (Å²) in [5.74, 6) is 0. The van der Waals surface area contributed by atoms with Crippen molar-refractivity contribution in [3.63, 3.8) is 0 Å². The van der Waals surface area contributed by atoms with Gasteiger partial charge in [0.05, 0.1) is 0 Å². The molecular weight excluding hydrogens is 752 g/mol. The maximum absolute atomic E-state index is 2.26. The zero-order valence-electron chi connectivity index (χ0n) is 25.1. The molecule has 0 atom stereocenters. The molecule has 0 saturated carbocycles. The minimum Gasteiger partial charge on any atom is -0.358 e. The smallest absolute Gasteiger partial charge is 0.358 e. The van der Waals surface area contributed by atoms with Crippen LogP contribution in [0.15, 0.2) is 48.5 Å². The van der Waals surface area contributed by atoms with Gasteiger partial charge < -0.3 is 29.7 Å². The van der Waals surface area contributed by atoms with Crippen molar-refractivity contribution in [1.82, 2.24) is 0 Å². The minimum atomic E-state index is 0. The monoisotopic (exact) mass is 812 g/mol. The molecular formula is C32H60W2. The first-order valence-corrected chi connectivity index (χ1v) is 12.1. The van der Waals surface area contributed by atoms with E-state index in [9.17, 15) is 0 Å². The molecule has 200 valence electrons. The Morgan fingerprint density at radius 2 is 0.500 bits per heavy atom. The molecule has 0 heterocycles. The molecule has 2 aliphatic rings. The molecule has 0 N–H and O–H groups in total. The van der Waals surface area contributed by atoms with Gasteiger partial charge in [-0.1, -0.05) is 104 Å². The molecule has 0 unspecified atom stereocenters.